The van der Waals surface area contributed by atoms with Crippen LogP contribution >= 0.6 is 0 Å². The lowest BCUT2D eigenvalue weighted by molar-refractivity contribution is -0.122. The molecule has 0 fully saturated rings. The summed E-state index contributed by atoms with van der Waals surface area (Å²) in [4.78, 5) is 23.8. The minimum absolute atomic E-state index is 0.152. The average Bonchev–Trinajstić information content (AvgIpc) is 2.70. The molecule has 29 heavy (non-hydrogen) atoms. The second-order valence-corrected chi connectivity index (χ2v) is 8.38. The molecule has 156 valence electrons. The molecule has 0 aliphatic carbocycles. The minimum Gasteiger partial charge on any atom is -0.480 e. The van der Waals surface area contributed by atoms with Crippen LogP contribution in [-0.2, 0) is 14.8 Å². The molecule has 1 N–H and O–H groups in total. The van der Waals surface area contributed by atoms with E-state index in [2.05, 4.69) is 5.32 Å². The number of aldehydes is 1. The van der Waals surface area contributed by atoms with Crippen molar-refractivity contribution < 1.29 is 22.7 Å². The molecule has 0 saturated heterocycles. The molecule has 0 saturated carbocycles. The number of rotatable bonds is 9. The Morgan fingerprint density at radius 3 is 2.45 bits per heavy atom. The molecular formula is C21H26N2O5S. The molecule has 1 amide bonds. The molecule has 0 unspecified atom stereocenters. The van der Waals surface area contributed by atoms with Gasteiger partial charge in [-0.05, 0) is 43.7 Å². The van der Waals surface area contributed by atoms with Crippen LogP contribution < -0.4 is 10.1 Å². The van der Waals surface area contributed by atoms with Crippen molar-refractivity contribution >= 4 is 27.9 Å². The number of sulfonamides is 1. The van der Waals surface area contributed by atoms with Gasteiger partial charge in [0.05, 0.1) is 10.5 Å². The average molecular weight is 419 g/mol. The highest BCUT2D eigenvalue weighted by molar-refractivity contribution is 7.89. The van der Waals surface area contributed by atoms with Crippen LogP contribution in [0.5, 0.6) is 5.75 Å². The maximum absolute atomic E-state index is 12.9. The monoisotopic (exact) mass is 418 g/mol. The number of amides is 1. The van der Waals surface area contributed by atoms with Crippen LogP contribution in [0.25, 0.3) is 0 Å². The van der Waals surface area contributed by atoms with Crippen molar-refractivity contribution in [3.05, 3.63) is 53.6 Å². The van der Waals surface area contributed by atoms with Crippen molar-refractivity contribution in [3.63, 3.8) is 0 Å². The summed E-state index contributed by atoms with van der Waals surface area (Å²) in [5.74, 6) is -0.153. The van der Waals surface area contributed by atoms with E-state index in [0.29, 0.717) is 41.9 Å². The van der Waals surface area contributed by atoms with Gasteiger partial charge in [0.25, 0.3) is 5.91 Å². The lowest BCUT2D eigenvalue weighted by Gasteiger charge is -2.21. The zero-order chi connectivity index (χ0) is 21.6. The van der Waals surface area contributed by atoms with Crippen LogP contribution in [0.3, 0.4) is 0 Å². The van der Waals surface area contributed by atoms with Gasteiger partial charge in [0.15, 0.2) is 12.4 Å². The lowest BCUT2D eigenvalue weighted by atomic mass is 10.2. The molecule has 0 aromatic heterocycles. The molecule has 0 aliphatic rings. The smallest absolute Gasteiger partial charge is 0.265 e. The van der Waals surface area contributed by atoms with Gasteiger partial charge in [-0.25, -0.2) is 8.42 Å². The number of benzene rings is 2. The Hall–Kier alpha value is -2.71. The van der Waals surface area contributed by atoms with E-state index in [9.17, 15) is 18.0 Å². The quantitative estimate of drug-likeness (QED) is 0.631. The van der Waals surface area contributed by atoms with E-state index in [1.807, 2.05) is 0 Å². The molecule has 2 aromatic carbocycles. The summed E-state index contributed by atoms with van der Waals surface area (Å²) in [6.45, 7) is 7.53. The van der Waals surface area contributed by atoms with Crippen molar-refractivity contribution in [1.82, 2.24) is 4.31 Å². The summed E-state index contributed by atoms with van der Waals surface area (Å²) in [6, 6.07) is 11.3. The topological polar surface area (TPSA) is 92.8 Å². The Bertz CT molecular complexity index is 984. The van der Waals surface area contributed by atoms with Gasteiger partial charge in [-0.1, -0.05) is 32.0 Å². The van der Waals surface area contributed by atoms with Crippen molar-refractivity contribution in [1.29, 1.82) is 0 Å². The Labute approximate surface area is 171 Å². The molecule has 2 aromatic rings. The number of hydrogen-bond acceptors (Lipinski definition) is 5. The van der Waals surface area contributed by atoms with Crippen LogP contribution in [0, 0.1) is 6.92 Å². The van der Waals surface area contributed by atoms with Gasteiger partial charge >= 0.3 is 0 Å². The number of aryl methyl sites for hydroxylation is 1. The first kappa shape index (κ1) is 22.6. The molecule has 7 nitrogen and oxygen atoms in total. The van der Waals surface area contributed by atoms with Crippen LogP contribution in [0.4, 0.5) is 5.69 Å². The lowest BCUT2D eigenvalue weighted by Crippen LogP contribution is -2.32. The Balaban J connectivity index is 2.21. The van der Waals surface area contributed by atoms with Crippen LogP contribution in [-0.4, -0.2) is 44.1 Å². The largest absolute Gasteiger partial charge is 0.480 e. The third-order valence-electron chi connectivity index (χ3n) is 4.50. The number of anilines is 1. The number of carbonyl (C=O) groups excluding carboxylic acids is 2. The molecule has 2 rings (SSSR count). The summed E-state index contributed by atoms with van der Waals surface area (Å²) in [7, 11) is -3.66. The van der Waals surface area contributed by atoms with E-state index in [0.717, 1.165) is 0 Å². The summed E-state index contributed by atoms with van der Waals surface area (Å²) in [6.07, 6.45) is -0.232. The number of para-hydroxylation sites is 1. The molecule has 0 bridgehead atoms. The van der Waals surface area contributed by atoms with Gasteiger partial charge in [0.1, 0.15) is 5.75 Å². The SMILES string of the molecule is CCN(CC)S(=O)(=O)c1cc(NC(=O)[C@@H](C)Oc2ccccc2C=O)ccc1C. The third kappa shape index (κ3) is 5.21. The highest BCUT2D eigenvalue weighted by atomic mass is 32.2. The maximum Gasteiger partial charge on any atom is 0.265 e. The molecule has 0 radical (unpaired) electrons. The fourth-order valence-corrected chi connectivity index (χ4v) is 4.54. The maximum atomic E-state index is 12.9. The van der Waals surface area contributed by atoms with Gasteiger partial charge in [-0.15, -0.1) is 0 Å². The van der Waals surface area contributed by atoms with Crippen LogP contribution in [0.15, 0.2) is 47.4 Å². The standard InChI is InChI=1S/C21H26N2O5S/c1-5-23(6-2)29(26,27)20-13-18(12-11-15(20)3)22-21(25)16(4)28-19-10-8-7-9-17(19)14-24/h7-14,16H,5-6H2,1-4H3,(H,22,25)/t16-/m1/s1. The number of nitrogens with one attached hydrogen (secondary N) is 1. The molecule has 0 spiro atoms. The van der Waals surface area contributed by atoms with E-state index in [-0.39, 0.29) is 4.90 Å². The van der Waals surface area contributed by atoms with Gasteiger partial charge in [0.2, 0.25) is 10.0 Å². The van der Waals surface area contributed by atoms with E-state index in [4.69, 9.17) is 4.74 Å². The Morgan fingerprint density at radius 2 is 1.83 bits per heavy atom. The molecule has 8 heteroatoms. The van der Waals surface area contributed by atoms with Crippen molar-refractivity contribution in [2.75, 3.05) is 18.4 Å². The van der Waals surface area contributed by atoms with Crippen molar-refractivity contribution in [2.45, 2.75) is 38.7 Å². The van der Waals surface area contributed by atoms with E-state index >= 15 is 0 Å². The summed E-state index contributed by atoms with van der Waals surface area (Å²) in [5, 5.41) is 2.68. The Morgan fingerprint density at radius 1 is 1.17 bits per heavy atom. The summed E-state index contributed by atoms with van der Waals surface area (Å²) >= 11 is 0. The fraction of sp³-hybridized carbons (Fsp3) is 0.333. The third-order valence-corrected chi connectivity index (χ3v) is 6.69. The van der Waals surface area contributed by atoms with E-state index in [1.165, 1.54) is 10.4 Å². The van der Waals surface area contributed by atoms with Gasteiger partial charge in [-0.2, -0.15) is 4.31 Å². The highest BCUT2D eigenvalue weighted by Crippen LogP contribution is 2.24. The van der Waals surface area contributed by atoms with Gasteiger partial charge in [0, 0.05) is 18.8 Å². The number of hydrogen-bond donors (Lipinski definition) is 1. The zero-order valence-corrected chi connectivity index (χ0v) is 17.8. The number of carbonyl (C=O) groups is 2. The summed E-state index contributed by atoms with van der Waals surface area (Å²) < 4.78 is 32.7. The number of ether oxygens (including phenoxy) is 1. The first-order chi connectivity index (χ1) is 13.7. The Kier molecular flexibility index (Phi) is 7.53. The summed E-state index contributed by atoms with van der Waals surface area (Å²) in [5.41, 5.74) is 1.29. The second kappa shape index (κ2) is 9.67. The fourth-order valence-electron chi connectivity index (χ4n) is 2.83. The van der Waals surface area contributed by atoms with Crippen molar-refractivity contribution in [2.24, 2.45) is 0 Å². The minimum atomic E-state index is -3.66. The van der Waals surface area contributed by atoms with E-state index in [1.54, 1.807) is 64.1 Å². The van der Waals surface area contributed by atoms with E-state index < -0.39 is 22.0 Å². The number of nitrogens with zero attached hydrogens (tertiary/aromatic N) is 1. The predicted molar refractivity (Wildman–Crippen MR) is 112 cm³/mol. The second-order valence-electron chi connectivity index (χ2n) is 6.47. The van der Waals surface area contributed by atoms with Gasteiger partial charge in [-0.3, -0.25) is 9.59 Å². The molecule has 0 aliphatic heterocycles. The highest BCUT2D eigenvalue weighted by Gasteiger charge is 2.24. The molecular weight excluding hydrogens is 392 g/mol. The molecule has 0 heterocycles. The van der Waals surface area contributed by atoms with Crippen molar-refractivity contribution in [3.8, 4) is 5.75 Å². The first-order valence-electron chi connectivity index (χ1n) is 9.37. The van der Waals surface area contributed by atoms with Crippen LogP contribution in [0.2, 0.25) is 0 Å². The van der Waals surface area contributed by atoms with Gasteiger partial charge < -0.3 is 10.1 Å². The molecule has 1 atom stereocenters. The first-order valence-corrected chi connectivity index (χ1v) is 10.8. The normalized spacial score (nSPS) is 12.4. The predicted octanol–water partition coefficient (Wildman–Crippen LogP) is 3.24. The zero-order valence-electron chi connectivity index (χ0n) is 17.0. The van der Waals surface area contributed by atoms with Crippen LogP contribution in [0.1, 0.15) is 36.7 Å².